The lowest BCUT2D eigenvalue weighted by atomic mass is 10.6. The zero-order chi connectivity index (χ0) is 5.98. The molecular weight excluding hydrogens is 146 g/mol. The minimum absolute atomic E-state index is 0.381. The van der Waals surface area contributed by atoms with E-state index in [-0.39, 0.29) is 10.1 Å². The highest BCUT2D eigenvalue weighted by molar-refractivity contribution is 8.18. The summed E-state index contributed by atoms with van der Waals surface area (Å²) in [4.78, 5) is 0. The third kappa shape index (κ3) is 1.52. The highest BCUT2D eigenvalue weighted by Crippen LogP contribution is 2.08. The van der Waals surface area contributed by atoms with E-state index in [4.69, 9.17) is 10.7 Å². The molecule has 2 nitrogen and oxygen atoms in total. The Morgan fingerprint density at radius 2 is 2.50 bits per heavy atom. The standard InChI is InChI=1S/C4H8ClNOS/c5-8-2-1-6-3-4(8)7/h4,6H,1-3H2. The van der Waals surface area contributed by atoms with Crippen molar-refractivity contribution < 1.29 is 5.11 Å². The van der Waals surface area contributed by atoms with E-state index < -0.39 is 5.44 Å². The molecule has 0 radical (unpaired) electrons. The molecule has 0 aromatic carbocycles. The Bertz CT molecular complexity index is 72.4. The van der Waals surface area contributed by atoms with Crippen molar-refractivity contribution in [3.63, 3.8) is 0 Å². The van der Waals surface area contributed by atoms with Gasteiger partial charge < -0.3 is 10.4 Å². The van der Waals surface area contributed by atoms with Gasteiger partial charge in [-0.3, -0.25) is 0 Å². The van der Waals surface area contributed by atoms with Crippen molar-refractivity contribution in [2.75, 3.05) is 18.8 Å². The average molecular weight is 154 g/mol. The second kappa shape index (κ2) is 2.92. The van der Waals surface area contributed by atoms with Gasteiger partial charge in [-0.2, -0.15) is 0 Å². The largest absolute Gasteiger partial charge is 0.809 e. The molecule has 0 saturated carbocycles. The molecule has 0 amide bonds. The van der Waals surface area contributed by atoms with E-state index in [9.17, 15) is 5.11 Å². The van der Waals surface area contributed by atoms with Gasteiger partial charge in [0.15, 0.2) is 10.7 Å². The Kier molecular flexibility index (Phi) is 2.43. The Morgan fingerprint density at radius 3 is 2.88 bits per heavy atom. The molecule has 48 valence electrons. The summed E-state index contributed by atoms with van der Waals surface area (Å²) in [6.07, 6.45) is 0. The lowest BCUT2D eigenvalue weighted by molar-refractivity contribution is -0.384. The second-order valence-corrected chi connectivity index (χ2v) is 4.56. The van der Waals surface area contributed by atoms with Crippen LogP contribution in [0.3, 0.4) is 0 Å². The first-order valence-corrected chi connectivity index (χ1v) is 4.81. The number of rotatable bonds is 0. The first kappa shape index (κ1) is 6.68. The third-order valence-corrected chi connectivity index (χ3v) is 3.46. The Balaban J connectivity index is 2.28. The van der Waals surface area contributed by atoms with E-state index in [0.717, 1.165) is 12.3 Å². The normalized spacial score (nSPS) is 39.8. The fourth-order valence-electron chi connectivity index (χ4n) is 0.611. The van der Waals surface area contributed by atoms with E-state index in [2.05, 4.69) is 5.32 Å². The molecule has 0 aromatic heterocycles. The van der Waals surface area contributed by atoms with Crippen LogP contribution < -0.4 is 10.4 Å². The molecule has 2 atom stereocenters. The number of halogens is 1. The van der Waals surface area contributed by atoms with Crippen LogP contribution in [0.2, 0.25) is 0 Å². The summed E-state index contributed by atoms with van der Waals surface area (Å²) in [7, 11) is 5.26. The van der Waals surface area contributed by atoms with E-state index in [1.54, 1.807) is 0 Å². The Morgan fingerprint density at radius 1 is 1.75 bits per heavy atom. The molecule has 2 unspecified atom stereocenters. The minimum atomic E-state index is -0.564. The maximum Gasteiger partial charge on any atom is 0.174 e. The van der Waals surface area contributed by atoms with Gasteiger partial charge in [-0.15, -0.1) is 0 Å². The monoisotopic (exact) mass is 153 g/mol. The lowest BCUT2D eigenvalue weighted by Gasteiger charge is -2.22. The molecule has 1 N–H and O–H groups in total. The number of nitrogens with one attached hydrogen (secondary N) is 1. The van der Waals surface area contributed by atoms with E-state index in [1.165, 1.54) is 0 Å². The van der Waals surface area contributed by atoms with Crippen LogP contribution in [0.15, 0.2) is 0 Å². The van der Waals surface area contributed by atoms with Crippen molar-refractivity contribution in [3.8, 4) is 0 Å². The zero-order valence-electron chi connectivity index (χ0n) is 4.39. The van der Waals surface area contributed by atoms with Crippen molar-refractivity contribution in [1.82, 2.24) is 5.32 Å². The summed E-state index contributed by atoms with van der Waals surface area (Å²) in [5.41, 5.74) is -0.564. The molecule has 0 bridgehead atoms. The molecule has 0 aromatic rings. The first-order valence-electron chi connectivity index (χ1n) is 2.53. The van der Waals surface area contributed by atoms with Gasteiger partial charge in [0.2, 0.25) is 0 Å². The summed E-state index contributed by atoms with van der Waals surface area (Å²) in [5.74, 6) is 0.843. The summed E-state index contributed by atoms with van der Waals surface area (Å²) < 4.78 is 0. The molecule has 1 heterocycles. The predicted octanol–water partition coefficient (Wildman–Crippen LogP) is -0.952. The summed E-state index contributed by atoms with van der Waals surface area (Å²) >= 11 is 0. The SMILES string of the molecule is [O-]C1CNCC[S+]1Cl. The minimum Gasteiger partial charge on any atom is -0.809 e. The highest BCUT2D eigenvalue weighted by Gasteiger charge is 2.23. The molecule has 0 aliphatic carbocycles. The molecule has 4 heteroatoms. The molecule has 1 fully saturated rings. The summed E-state index contributed by atoms with van der Waals surface area (Å²) in [5, 5.41) is 13.7. The van der Waals surface area contributed by atoms with E-state index in [0.29, 0.717) is 6.54 Å². The smallest absolute Gasteiger partial charge is 0.174 e. The van der Waals surface area contributed by atoms with Crippen LogP contribution in [-0.4, -0.2) is 24.3 Å². The van der Waals surface area contributed by atoms with Gasteiger partial charge in [0, 0.05) is 13.1 Å². The maximum absolute atomic E-state index is 10.7. The molecular formula is C4H8ClNOS. The van der Waals surface area contributed by atoms with Crippen LogP contribution in [0.1, 0.15) is 0 Å². The van der Waals surface area contributed by atoms with Gasteiger partial charge >= 0.3 is 0 Å². The van der Waals surface area contributed by atoms with Gasteiger partial charge in [-0.1, -0.05) is 0 Å². The fraction of sp³-hybridized carbons (Fsp3) is 1.00. The summed E-state index contributed by atoms with van der Waals surface area (Å²) in [6, 6.07) is 0. The van der Waals surface area contributed by atoms with Crippen molar-refractivity contribution in [2.45, 2.75) is 5.44 Å². The number of hydrogen-bond acceptors (Lipinski definition) is 2. The zero-order valence-corrected chi connectivity index (χ0v) is 5.97. The third-order valence-electron chi connectivity index (χ3n) is 1.07. The second-order valence-electron chi connectivity index (χ2n) is 1.70. The lowest BCUT2D eigenvalue weighted by Crippen LogP contribution is -2.48. The average Bonchev–Trinajstić information content (AvgIpc) is 1.77. The van der Waals surface area contributed by atoms with Gasteiger partial charge in [-0.05, 0) is 0 Å². The quantitative estimate of drug-likeness (QED) is 0.456. The predicted molar refractivity (Wildman–Crippen MR) is 34.7 cm³/mol. The van der Waals surface area contributed by atoms with Crippen LogP contribution in [0.5, 0.6) is 0 Å². The molecule has 1 aliphatic heterocycles. The molecule has 1 rings (SSSR count). The van der Waals surface area contributed by atoms with Crippen LogP contribution in [-0.2, 0) is 10.1 Å². The number of hydrogen-bond donors (Lipinski definition) is 1. The maximum atomic E-state index is 10.7. The molecule has 1 aliphatic rings. The molecule has 0 spiro atoms. The van der Waals surface area contributed by atoms with Gasteiger partial charge in [0.25, 0.3) is 0 Å². The van der Waals surface area contributed by atoms with Gasteiger partial charge in [0.05, 0.1) is 15.5 Å². The Hall–Kier alpha value is 0.560. The van der Waals surface area contributed by atoms with Crippen molar-refractivity contribution in [1.29, 1.82) is 0 Å². The van der Waals surface area contributed by atoms with E-state index in [1.807, 2.05) is 0 Å². The fourth-order valence-corrected chi connectivity index (χ4v) is 1.93. The van der Waals surface area contributed by atoms with Crippen LogP contribution in [0.25, 0.3) is 0 Å². The summed E-state index contributed by atoms with van der Waals surface area (Å²) in [6.45, 7) is 1.46. The van der Waals surface area contributed by atoms with Gasteiger partial charge in [0.1, 0.15) is 5.75 Å². The highest BCUT2D eigenvalue weighted by atomic mass is 35.7. The Labute approximate surface area is 56.1 Å². The first-order chi connectivity index (χ1) is 3.80. The van der Waals surface area contributed by atoms with Crippen molar-refractivity contribution >= 4 is 20.8 Å². The van der Waals surface area contributed by atoms with Crippen LogP contribution in [0, 0.1) is 0 Å². The van der Waals surface area contributed by atoms with Crippen molar-refractivity contribution in [2.24, 2.45) is 0 Å². The topological polar surface area (TPSA) is 35.1 Å². The van der Waals surface area contributed by atoms with Crippen LogP contribution in [0.4, 0.5) is 0 Å². The molecule has 1 saturated heterocycles. The van der Waals surface area contributed by atoms with Crippen LogP contribution >= 0.6 is 10.7 Å². The van der Waals surface area contributed by atoms with E-state index >= 15 is 0 Å². The molecule has 8 heavy (non-hydrogen) atoms. The van der Waals surface area contributed by atoms with Gasteiger partial charge in [-0.25, -0.2) is 0 Å². The van der Waals surface area contributed by atoms with Crippen molar-refractivity contribution in [3.05, 3.63) is 0 Å².